The van der Waals surface area contributed by atoms with E-state index in [1.165, 1.54) is 0 Å². The molecule has 1 saturated heterocycles. The average molecular weight is 751 g/mol. The van der Waals surface area contributed by atoms with E-state index in [9.17, 15) is 33.7 Å². The van der Waals surface area contributed by atoms with Crippen molar-refractivity contribution in [3.8, 4) is 0 Å². The van der Waals surface area contributed by atoms with Crippen molar-refractivity contribution >= 4 is 52.2 Å². The first-order chi connectivity index (χ1) is 21.8. The first kappa shape index (κ1) is 37.4. The molecule has 1 heterocycles. The highest BCUT2D eigenvalue weighted by Crippen LogP contribution is 2.53. The topological polar surface area (TPSA) is 183 Å². The second-order valence-corrected chi connectivity index (χ2v) is 18.5. The van der Waals surface area contributed by atoms with Crippen molar-refractivity contribution in [1.82, 2.24) is 0 Å². The Morgan fingerprint density at radius 2 is 0.915 bits per heavy atom. The van der Waals surface area contributed by atoms with Gasteiger partial charge >= 0.3 is 0 Å². The first-order valence-corrected chi connectivity index (χ1v) is 21.9. The summed E-state index contributed by atoms with van der Waals surface area (Å²) in [6, 6.07) is 27.3. The van der Waals surface area contributed by atoms with Gasteiger partial charge in [0.1, 0.15) is 29.9 Å². The summed E-state index contributed by atoms with van der Waals surface area (Å²) >= 11 is 1.01. The van der Waals surface area contributed by atoms with Gasteiger partial charge in [0.15, 0.2) is 0 Å². The average Bonchev–Trinajstić information content (AvgIpc) is 2.97. The zero-order valence-electron chi connectivity index (χ0n) is 25.6. The van der Waals surface area contributed by atoms with E-state index in [0.717, 1.165) is 24.3 Å². The van der Waals surface area contributed by atoms with Crippen LogP contribution in [0.2, 0.25) is 0 Å². The second-order valence-electron chi connectivity index (χ2n) is 10.7. The lowest BCUT2D eigenvalue weighted by atomic mass is 9.84. The van der Waals surface area contributed by atoms with Crippen LogP contribution in [0.5, 0.6) is 0 Å². The third-order valence-electron chi connectivity index (χ3n) is 6.73. The fourth-order valence-corrected chi connectivity index (χ4v) is 9.16. The monoisotopic (exact) mass is 750 g/mol. The van der Waals surface area contributed by atoms with E-state index in [1.807, 2.05) is 54.6 Å². The van der Waals surface area contributed by atoms with Crippen molar-refractivity contribution in [3.63, 3.8) is 0 Å². The van der Waals surface area contributed by atoms with Gasteiger partial charge in [-0.1, -0.05) is 91.0 Å². The lowest BCUT2D eigenvalue weighted by molar-refractivity contribution is -0.178. The van der Waals surface area contributed by atoms with Crippen LogP contribution >= 0.6 is 11.8 Å². The lowest BCUT2D eigenvalue weighted by Gasteiger charge is -2.47. The summed E-state index contributed by atoms with van der Waals surface area (Å²) < 4.78 is 125. The van der Waals surface area contributed by atoms with Crippen LogP contribution in [0, 0.1) is 0 Å². The van der Waals surface area contributed by atoms with Gasteiger partial charge in [0, 0.05) is 0 Å². The molecule has 0 saturated carbocycles. The fraction of sp³-hybridized carbons (Fsp3) is 0.379. The first-order valence-electron chi connectivity index (χ1n) is 13.8. The zero-order valence-corrected chi connectivity index (χ0v) is 29.7. The predicted octanol–water partition coefficient (Wildman–Crippen LogP) is 2.45. The van der Waals surface area contributed by atoms with Crippen molar-refractivity contribution in [2.24, 2.45) is 0 Å². The Hall–Kier alpha value is -2.39. The number of rotatable bonds is 14. The molecule has 3 aromatic carbocycles. The minimum atomic E-state index is -4.46. The molecule has 0 radical (unpaired) electrons. The van der Waals surface area contributed by atoms with Gasteiger partial charge in [0.2, 0.25) is 0 Å². The summed E-state index contributed by atoms with van der Waals surface area (Å²) in [4.78, 5) is 0. The van der Waals surface area contributed by atoms with Crippen molar-refractivity contribution in [3.05, 3.63) is 108 Å². The number of hydrogen-bond donors (Lipinski definition) is 0. The maximum Gasteiger partial charge on any atom is 0.264 e. The van der Waals surface area contributed by atoms with E-state index in [-0.39, 0.29) is 0 Å². The third kappa shape index (κ3) is 10.3. The molecule has 258 valence electrons. The molecule has 1 aliphatic rings. The Labute approximate surface area is 280 Å². The summed E-state index contributed by atoms with van der Waals surface area (Å²) in [5.41, 5.74) is 0.596. The molecule has 0 aliphatic carbocycles. The van der Waals surface area contributed by atoms with Crippen LogP contribution in [-0.4, -0.2) is 95.2 Å². The highest BCUT2D eigenvalue weighted by Gasteiger charge is 2.55. The number of benzene rings is 3. The molecule has 0 unspecified atom stereocenters. The largest absolute Gasteiger partial charge is 0.356 e. The van der Waals surface area contributed by atoms with Gasteiger partial charge in [-0.05, 0) is 16.7 Å². The highest BCUT2D eigenvalue weighted by molar-refractivity contribution is 8.01. The Kier molecular flexibility index (Phi) is 11.6. The van der Waals surface area contributed by atoms with E-state index in [0.29, 0.717) is 29.2 Å². The zero-order chi connectivity index (χ0) is 34.7. The highest BCUT2D eigenvalue weighted by atomic mass is 32.2. The summed E-state index contributed by atoms with van der Waals surface area (Å²) in [5, 5.41) is 0. The van der Waals surface area contributed by atoms with Crippen LogP contribution < -0.4 is 0 Å². The Morgan fingerprint density at radius 1 is 0.553 bits per heavy atom. The van der Waals surface area contributed by atoms with Crippen LogP contribution in [0.25, 0.3) is 0 Å². The van der Waals surface area contributed by atoms with Gasteiger partial charge in [0.25, 0.3) is 40.5 Å². The number of thioether (sulfide) groups is 1. The normalized spacial score (nSPS) is 22.9. The smallest absolute Gasteiger partial charge is 0.264 e. The van der Waals surface area contributed by atoms with E-state index >= 15 is 0 Å². The minimum Gasteiger partial charge on any atom is -0.356 e. The number of hydrogen-bond acceptors (Lipinski definition) is 14. The summed E-state index contributed by atoms with van der Waals surface area (Å²) in [7, 11) is -17.4. The third-order valence-corrected chi connectivity index (χ3v) is 10.7. The number of ether oxygens (including phenoxy) is 1. The molecule has 1 fully saturated rings. The molecule has 13 nitrogen and oxygen atoms in total. The molecule has 0 spiro atoms. The van der Waals surface area contributed by atoms with Crippen molar-refractivity contribution in [2.45, 2.75) is 34.6 Å². The van der Waals surface area contributed by atoms with Gasteiger partial charge in [-0.2, -0.15) is 33.7 Å². The standard InChI is InChI=1S/C29H34O13S5/c1-44(30,31)38-20-24-25(40-45(2,32)33)26(41-46(3,34)35)27(42-47(4,36)37)28(39-24)43-29(21-14-8-5-9-15-21,22-16-10-6-11-17-22)23-18-12-7-13-19-23/h5-19,24-28H,20H2,1-4H3/t24-,25-,26+,27-,28+/m1/s1. The van der Waals surface area contributed by atoms with Gasteiger partial charge in [0.05, 0.1) is 36.4 Å². The Bertz CT molecular complexity index is 1840. The SMILES string of the molecule is CS(=O)(=O)OC[C@H]1O[C@@H](SC(c2ccccc2)(c2ccccc2)c2ccccc2)[C@H](OS(C)(=O)=O)[C@@H](OS(C)(=O)=O)[C@@H]1OS(C)(=O)=O. The molecular formula is C29H34O13S5. The summed E-state index contributed by atoms with van der Waals surface area (Å²) in [5.74, 6) is 0. The van der Waals surface area contributed by atoms with Crippen LogP contribution in [-0.2, 0) is 66.7 Å². The van der Waals surface area contributed by atoms with Crippen LogP contribution in [0.15, 0.2) is 91.0 Å². The van der Waals surface area contributed by atoms with Gasteiger partial charge < -0.3 is 4.74 Å². The molecule has 0 amide bonds. The molecule has 0 N–H and O–H groups in total. The second kappa shape index (κ2) is 14.6. The maximum atomic E-state index is 12.7. The van der Waals surface area contributed by atoms with Crippen molar-refractivity contribution in [1.29, 1.82) is 0 Å². The fourth-order valence-electron chi connectivity index (χ4n) is 5.13. The predicted molar refractivity (Wildman–Crippen MR) is 175 cm³/mol. The molecule has 47 heavy (non-hydrogen) atoms. The quantitative estimate of drug-likeness (QED) is 0.173. The summed E-state index contributed by atoms with van der Waals surface area (Å²) in [6.45, 7) is -0.847. The van der Waals surface area contributed by atoms with Crippen LogP contribution in [0.1, 0.15) is 16.7 Å². The molecular weight excluding hydrogens is 717 g/mol. The van der Waals surface area contributed by atoms with E-state index in [1.54, 1.807) is 36.4 Å². The van der Waals surface area contributed by atoms with Gasteiger partial charge in [-0.15, -0.1) is 11.8 Å². The van der Waals surface area contributed by atoms with E-state index in [2.05, 4.69) is 0 Å². The van der Waals surface area contributed by atoms with E-state index in [4.69, 9.17) is 21.5 Å². The van der Waals surface area contributed by atoms with Crippen molar-refractivity contribution in [2.75, 3.05) is 31.6 Å². The van der Waals surface area contributed by atoms with Crippen LogP contribution in [0.3, 0.4) is 0 Å². The van der Waals surface area contributed by atoms with Gasteiger partial charge in [-0.3, -0.25) is 16.7 Å². The Balaban J connectivity index is 2.01. The summed E-state index contributed by atoms with van der Waals surface area (Å²) in [6.07, 6.45) is -4.62. The Morgan fingerprint density at radius 3 is 1.28 bits per heavy atom. The molecule has 18 heteroatoms. The van der Waals surface area contributed by atoms with Crippen molar-refractivity contribution < 1.29 is 55.1 Å². The molecule has 4 rings (SSSR count). The molecule has 0 aromatic heterocycles. The van der Waals surface area contributed by atoms with Gasteiger partial charge in [-0.25, -0.2) is 0 Å². The van der Waals surface area contributed by atoms with E-state index < -0.39 is 81.7 Å². The molecule has 3 aromatic rings. The molecule has 5 atom stereocenters. The lowest BCUT2D eigenvalue weighted by Crippen LogP contribution is -2.62. The van der Waals surface area contributed by atoms with Crippen LogP contribution in [0.4, 0.5) is 0 Å². The minimum absolute atomic E-state index is 0.664. The maximum absolute atomic E-state index is 12.7. The molecule has 0 bridgehead atoms. The molecule has 1 aliphatic heterocycles.